The van der Waals surface area contributed by atoms with Gasteiger partial charge in [0.2, 0.25) is 0 Å². The number of aromatic nitrogens is 1. The molecule has 0 aromatic carbocycles. The van der Waals surface area contributed by atoms with E-state index in [0.717, 1.165) is 5.82 Å². The molecule has 1 aromatic heterocycles. The Labute approximate surface area is 82.3 Å². The summed E-state index contributed by atoms with van der Waals surface area (Å²) in [4.78, 5) is 5.85. The molecule has 1 atom stereocenters. The van der Waals surface area contributed by atoms with Crippen molar-refractivity contribution < 1.29 is 4.39 Å². The van der Waals surface area contributed by atoms with E-state index in [1.165, 1.54) is 12.3 Å². The molecule has 1 rings (SSSR count). The molecule has 0 spiro atoms. The fraction of sp³-hybridized carbons (Fsp3) is 0.444. The highest BCUT2D eigenvalue weighted by molar-refractivity contribution is 6.18. The van der Waals surface area contributed by atoms with Gasteiger partial charge >= 0.3 is 0 Å². The molecule has 0 saturated heterocycles. The minimum Gasteiger partial charge on any atom is -0.356 e. The van der Waals surface area contributed by atoms with Gasteiger partial charge in [-0.25, -0.2) is 9.37 Å². The lowest BCUT2D eigenvalue weighted by Gasteiger charge is -2.23. The van der Waals surface area contributed by atoms with Gasteiger partial charge in [0, 0.05) is 19.0 Å². The van der Waals surface area contributed by atoms with Gasteiger partial charge < -0.3 is 4.90 Å². The van der Waals surface area contributed by atoms with E-state index < -0.39 is 0 Å². The maximum absolute atomic E-state index is 12.5. The number of hydrogen-bond donors (Lipinski definition) is 0. The van der Waals surface area contributed by atoms with Crippen LogP contribution in [0, 0.1) is 5.82 Å². The standard InChI is InChI=1S/C9H12ClFN2/c1-7(5-10)13(2)9-4-3-8(11)6-12-9/h3-4,6-7H,5H2,1-2H3. The van der Waals surface area contributed by atoms with Crippen molar-refractivity contribution in [3.05, 3.63) is 24.1 Å². The molecule has 0 aliphatic carbocycles. The molecule has 0 bridgehead atoms. The predicted molar refractivity (Wildman–Crippen MR) is 52.8 cm³/mol. The average Bonchev–Trinajstić information content (AvgIpc) is 2.17. The minimum atomic E-state index is -0.323. The van der Waals surface area contributed by atoms with Crippen LogP contribution in [0.3, 0.4) is 0 Å². The summed E-state index contributed by atoms with van der Waals surface area (Å²) in [5.74, 6) is 0.931. The van der Waals surface area contributed by atoms with Crippen molar-refractivity contribution in [1.29, 1.82) is 0 Å². The summed E-state index contributed by atoms with van der Waals surface area (Å²) < 4.78 is 12.5. The molecule has 1 unspecified atom stereocenters. The van der Waals surface area contributed by atoms with E-state index in [1.807, 2.05) is 18.9 Å². The Morgan fingerprint density at radius 3 is 2.77 bits per heavy atom. The largest absolute Gasteiger partial charge is 0.356 e. The molecule has 0 saturated carbocycles. The zero-order valence-corrected chi connectivity index (χ0v) is 8.42. The molecule has 0 aliphatic rings. The second-order valence-electron chi connectivity index (χ2n) is 2.95. The number of halogens is 2. The van der Waals surface area contributed by atoms with Gasteiger partial charge in [0.1, 0.15) is 11.6 Å². The van der Waals surface area contributed by atoms with E-state index in [1.54, 1.807) is 6.07 Å². The second kappa shape index (κ2) is 4.42. The second-order valence-corrected chi connectivity index (χ2v) is 3.26. The first-order chi connectivity index (χ1) is 6.15. The Morgan fingerprint density at radius 2 is 2.31 bits per heavy atom. The van der Waals surface area contributed by atoms with Crippen molar-refractivity contribution in [3.8, 4) is 0 Å². The number of rotatable bonds is 3. The van der Waals surface area contributed by atoms with Gasteiger partial charge in [0.05, 0.1) is 6.20 Å². The van der Waals surface area contributed by atoms with E-state index >= 15 is 0 Å². The number of alkyl halides is 1. The lowest BCUT2D eigenvalue weighted by molar-refractivity contribution is 0.619. The van der Waals surface area contributed by atoms with Crippen molar-refractivity contribution in [3.63, 3.8) is 0 Å². The van der Waals surface area contributed by atoms with E-state index in [0.29, 0.717) is 5.88 Å². The molecule has 0 radical (unpaired) electrons. The Hall–Kier alpha value is -0.830. The van der Waals surface area contributed by atoms with Gasteiger partial charge in [-0.1, -0.05) is 0 Å². The molecule has 2 nitrogen and oxygen atoms in total. The summed E-state index contributed by atoms with van der Waals surface area (Å²) in [6.45, 7) is 1.98. The summed E-state index contributed by atoms with van der Waals surface area (Å²) in [6, 6.07) is 3.22. The molecule has 1 aromatic rings. The summed E-state index contributed by atoms with van der Waals surface area (Å²) in [6.07, 6.45) is 1.20. The van der Waals surface area contributed by atoms with Crippen molar-refractivity contribution in [2.24, 2.45) is 0 Å². The lowest BCUT2D eigenvalue weighted by atomic mass is 10.3. The van der Waals surface area contributed by atoms with Gasteiger partial charge in [0.25, 0.3) is 0 Å². The number of anilines is 1. The minimum absolute atomic E-state index is 0.194. The van der Waals surface area contributed by atoms with Crippen LogP contribution in [0.4, 0.5) is 10.2 Å². The lowest BCUT2D eigenvalue weighted by Crippen LogP contribution is -2.30. The van der Waals surface area contributed by atoms with Gasteiger partial charge in [0.15, 0.2) is 0 Å². The third-order valence-corrected chi connectivity index (χ3v) is 2.40. The first-order valence-electron chi connectivity index (χ1n) is 4.05. The fourth-order valence-corrected chi connectivity index (χ4v) is 1.11. The molecule has 0 fully saturated rings. The van der Waals surface area contributed by atoms with Crippen LogP contribution in [0.1, 0.15) is 6.92 Å². The molecule has 4 heteroatoms. The monoisotopic (exact) mass is 202 g/mol. The highest BCUT2D eigenvalue weighted by Gasteiger charge is 2.09. The van der Waals surface area contributed by atoms with E-state index in [2.05, 4.69) is 4.98 Å². The van der Waals surface area contributed by atoms with Gasteiger partial charge in [-0.05, 0) is 19.1 Å². The van der Waals surface area contributed by atoms with E-state index in [9.17, 15) is 4.39 Å². The fourth-order valence-electron chi connectivity index (χ4n) is 0.906. The highest BCUT2D eigenvalue weighted by atomic mass is 35.5. The molecule has 0 N–H and O–H groups in total. The average molecular weight is 203 g/mol. The number of hydrogen-bond acceptors (Lipinski definition) is 2. The van der Waals surface area contributed by atoms with Gasteiger partial charge in [-0.3, -0.25) is 0 Å². The van der Waals surface area contributed by atoms with Crippen LogP contribution in [-0.4, -0.2) is 24.0 Å². The summed E-state index contributed by atoms with van der Waals surface area (Å²) in [7, 11) is 1.88. The highest BCUT2D eigenvalue weighted by Crippen LogP contribution is 2.12. The predicted octanol–water partition coefficient (Wildman–Crippen LogP) is 2.28. The van der Waals surface area contributed by atoms with E-state index in [-0.39, 0.29) is 11.9 Å². The third kappa shape index (κ3) is 2.56. The van der Waals surface area contributed by atoms with Crippen LogP contribution in [0.15, 0.2) is 18.3 Å². The summed E-state index contributed by atoms with van der Waals surface area (Å²) in [5.41, 5.74) is 0. The van der Waals surface area contributed by atoms with Crippen LogP contribution in [0.5, 0.6) is 0 Å². The van der Waals surface area contributed by atoms with E-state index in [4.69, 9.17) is 11.6 Å². The zero-order valence-electron chi connectivity index (χ0n) is 7.67. The number of nitrogens with zero attached hydrogens (tertiary/aromatic N) is 2. The Kier molecular flexibility index (Phi) is 3.48. The van der Waals surface area contributed by atoms with Crippen molar-refractivity contribution >= 4 is 17.4 Å². The van der Waals surface area contributed by atoms with Crippen LogP contribution >= 0.6 is 11.6 Å². The molecule has 0 amide bonds. The molecule has 1 heterocycles. The van der Waals surface area contributed by atoms with Crippen LogP contribution in [-0.2, 0) is 0 Å². The maximum atomic E-state index is 12.5. The number of pyridine rings is 1. The molecule has 13 heavy (non-hydrogen) atoms. The van der Waals surface area contributed by atoms with Crippen molar-refractivity contribution in [2.75, 3.05) is 17.8 Å². The quantitative estimate of drug-likeness (QED) is 0.700. The van der Waals surface area contributed by atoms with Crippen LogP contribution in [0.2, 0.25) is 0 Å². The zero-order chi connectivity index (χ0) is 9.84. The summed E-state index contributed by atoms with van der Waals surface area (Å²) in [5, 5.41) is 0. The maximum Gasteiger partial charge on any atom is 0.141 e. The van der Waals surface area contributed by atoms with Gasteiger partial charge in [-0.2, -0.15) is 0 Å². The molecular formula is C9H12ClFN2. The molecule has 72 valence electrons. The normalized spacial score (nSPS) is 12.6. The smallest absolute Gasteiger partial charge is 0.141 e. The van der Waals surface area contributed by atoms with Crippen LogP contribution in [0.25, 0.3) is 0 Å². The Morgan fingerprint density at radius 1 is 1.62 bits per heavy atom. The Bertz CT molecular complexity index is 263. The molecular weight excluding hydrogens is 191 g/mol. The van der Waals surface area contributed by atoms with Crippen molar-refractivity contribution in [2.45, 2.75) is 13.0 Å². The topological polar surface area (TPSA) is 16.1 Å². The van der Waals surface area contributed by atoms with Gasteiger partial charge in [-0.15, -0.1) is 11.6 Å². The molecule has 0 aliphatic heterocycles. The third-order valence-electron chi connectivity index (χ3n) is 1.96. The first kappa shape index (κ1) is 10.3. The summed E-state index contributed by atoms with van der Waals surface area (Å²) >= 11 is 5.68. The SMILES string of the molecule is CC(CCl)N(C)c1ccc(F)cn1. The van der Waals surface area contributed by atoms with Crippen molar-refractivity contribution in [1.82, 2.24) is 4.98 Å². The first-order valence-corrected chi connectivity index (χ1v) is 4.59. The Balaban J connectivity index is 2.77. The van der Waals surface area contributed by atoms with Crippen LogP contribution < -0.4 is 4.90 Å².